The summed E-state index contributed by atoms with van der Waals surface area (Å²) in [6, 6.07) is 0.208. The number of rotatable bonds is 8. The highest BCUT2D eigenvalue weighted by atomic mass is 16.5. The number of hydrogen-bond donors (Lipinski definition) is 2. The quantitative estimate of drug-likeness (QED) is 0.197. The van der Waals surface area contributed by atoms with Crippen LogP contribution in [-0.4, -0.2) is 53.1 Å². The molecule has 0 unspecified atom stereocenters. The fraction of sp³-hybridized carbons (Fsp3) is 0.881. The third-order valence-corrected chi connectivity index (χ3v) is 17.1. The van der Waals surface area contributed by atoms with Crippen LogP contribution in [0.3, 0.4) is 0 Å². The van der Waals surface area contributed by atoms with Crippen LogP contribution < -0.4 is 5.73 Å². The van der Waals surface area contributed by atoms with Crippen molar-refractivity contribution in [1.29, 1.82) is 0 Å². The smallest absolute Gasteiger partial charge is 0.309 e. The van der Waals surface area contributed by atoms with Gasteiger partial charge in [0.25, 0.3) is 0 Å². The summed E-state index contributed by atoms with van der Waals surface area (Å²) in [4.78, 5) is 41.0. The van der Waals surface area contributed by atoms with Crippen molar-refractivity contribution in [2.75, 3.05) is 13.1 Å². The summed E-state index contributed by atoms with van der Waals surface area (Å²) in [6.07, 6.45) is 13.8. The summed E-state index contributed by atoms with van der Waals surface area (Å²) in [5.74, 6) is 1.60. The zero-order valence-electron chi connectivity index (χ0n) is 32.2. The molecule has 0 aromatic heterocycles. The zero-order chi connectivity index (χ0) is 35.9. The van der Waals surface area contributed by atoms with E-state index >= 15 is 0 Å². The molecular formula is C42H68N2O5. The van der Waals surface area contributed by atoms with Gasteiger partial charge in [0.1, 0.15) is 6.10 Å². The van der Waals surface area contributed by atoms with Crippen molar-refractivity contribution < 1.29 is 24.2 Å². The maximum absolute atomic E-state index is 14.1. The number of hydrogen-bond acceptors (Lipinski definition) is 5. The van der Waals surface area contributed by atoms with Gasteiger partial charge in [0, 0.05) is 31.0 Å². The van der Waals surface area contributed by atoms with Crippen molar-refractivity contribution >= 4 is 17.8 Å². The van der Waals surface area contributed by atoms with Gasteiger partial charge in [-0.1, -0.05) is 46.8 Å². The van der Waals surface area contributed by atoms with E-state index in [1.165, 1.54) is 31.3 Å². The largest absolute Gasteiger partial charge is 0.481 e. The summed E-state index contributed by atoms with van der Waals surface area (Å²) in [5.41, 5.74) is 6.72. The van der Waals surface area contributed by atoms with Crippen molar-refractivity contribution in [3.63, 3.8) is 0 Å². The molecule has 6 rings (SSSR count). The highest BCUT2D eigenvalue weighted by Gasteiger charge is 2.71. The van der Waals surface area contributed by atoms with Gasteiger partial charge < -0.3 is 20.5 Å². The predicted octanol–water partition coefficient (Wildman–Crippen LogP) is 8.40. The molecule has 6 aliphatic rings. The lowest BCUT2D eigenvalue weighted by Gasteiger charge is -2.73. The van der Waals surface area contributed by atoms with Crippen LogP contribution in [0.4, 0.5) is 0 Å². The van der Waals surface area contributed by atoms with Gasteiger partial charge in [0.15, 0.2) is 0 Å². The second-order valence-corrected chi connectivity index (χ2v) is 20.0. The molecular weight excluding hydrogens is 612 g/mol. The van der Waals surface area contributed by atoms with Gasteiger partial charge in [-0.25, -0.2) is 0 Å². The number of carbonyl (C=O) groups is 3. The number of fused-ring (bicyclic) bond motifs is 7. The second kappa shape index (κ2) is 12.4. The lowest BCUT2D eigenvalue weighted by Crippen LogP contribution is -2.67. The number of carboxylic acids is 1. The van der Waals surface area contributed by atoms with Crippen LogP contribution in [0.25, 0.3) is 0 Å². The number of amides is 1. The van der Waals surface area contributed by atoms with Crippen LogP contribution in [-0.2, 0) is 19.1 Å². The van der Waals surface area contributed by atoms with Crippen LogP contribution >= 0.6 is 0 Å². The predicted molar refractivity (Wildman–Crippen MR) is 193 cm³/mol. The van der Waals surface area contributed by atoms with Crippen LogP contribution in [0.5, 0.6) is 0 Å². The minimum atomic E-state index is -1.14. The minimum Gasteiger partial charge on any atom is -0.481 e. The number of carboxylic acid groups (broad SMARTS) is 1. The molecule has 7 nitrogen and oxygen atoms in total. The number of ether oxygens (including phenoxy) is 1. The first-order chi connectivity index (χ1) is 22.8. The van der Waals surface area contributed by atoms with Crippen molar-refractivity contribution in [3.8, 4) is 0 Å². The van der Waals surface area contributed by atoms with E-state index in [1.54, 1.807) is 13.8 Å². The highest BCUT2D eigenvalue weighted by molar-refractivity contribution is 5.81. The van der Waals surface area contributed by atoms with Crippen LogP contribution in [0.1, 0.15) is 145 Å². The molecule has 0 spiro atoms. The van der Waals surface area contributed by atoms with Crippen molar-refractivity contribution in [2.45, 2.75) is 157 Å². The van der Waals surface area contributed by atoms with Crippen LogP contribution in [0.2, 0.25) is 0 Å². The summed E-state index contributed by atoms with van der Waals surface area (Å²) >= 11 is 0. The fourth-order valence-electron chi connectivity index (χ4n) is 14.2. The molecule has 0 aromatic rings. The molecule has 3 N–H and O–H groups in total. The molecule has 1 heterocycles. The van der Waals surface area contributed by atoms with Gasteiger partial charge in [-0.15, -0.1) is 0 Å². The average molecular weight is 681 g/mol. The molecule has 1 amide bonds. The van der Waals surface area contributed by atoms with Gasteiger partial charge in [-0.3, -0.25) is 14.4 Å². The first-order valence-corrected chi connectivity index (χ1v) is 19.9. The van der Waals surface area contributed by atoms with Gasteiger partial charge in [0.2, 0.25) is 5.91 Å². The molecule has 1 aliphatic heterocycles. The SMILES string of the molecule is C=C(C)[C@@H]1CC[C@]2(CC(=O)N3CCC[C@@H]3CN)CC[C@]3(C)[C@H](CC[C@@H]4[C@@]5(C)CC[C@H](OC(=O)CC(C)(C)C(=O)O)C(C)(C)[C@@H]5CC[C@]43C)[C@@H]12. The summed E-state index contributed by atoms with van der Waals surface area (Å²) in [7, 11) is 0. The Kier molecular flexibility index (Phi) is 9.31. The normalized spacial score (nSPS) is 44.3. The molecule has 0 aromatic carbocycles. The minimum absolute atomic E-state index is 0.0655. The number of nitrogens with two attached hydrogens (primary N) is 1. The molecule has 7 heteroatoms. The topological polar surface area (TPSA) is 110 Å². The molecule has 0 radical (unpaired) electrons. The van der Waals surface area contributed by atoms with Gasteiger partial charge in [-0.2, -0.15) is 0 Å². The molecule has 5 aliphatic carbocycles. The molecule has 0 bridgehead atoms. The lowest BCUT2D eigenvalue weighted by atomic mass is 9.32. The summed E-state index contributed by atoms with van der Waals surface area (Å²) in [5, 5.41) is 9.60. The fourth-order valence-corrected chi connectivity index (χ4v) is 14.2. The highest BCUT2D eigenvalue weighted by Crippen LogP contribution is 2.78. The van der Waals surface area contributed by atoms with Crippen LogP contribution in [0, 0.1) is 62.1 Å². The number of carbonyl (C=O) groups excluding carboxylic acids is 2. The maximum Gasteiger partial charge on any atom is 0.309 e. The average Bonchev–Trinajstić information content (AvgIpc) is 3.64. The molecule has 6 fully saturated rings. The number of nitrogens with zero attached hydrogens (tertiary/aromatic N) is 1. The van der Waals surface area contributed by atoms with E-state index in [4.69, 9.17) is 10.5 Å². The van der Waals surface area contributed by atoms with E-state index in [0.717, 1.165) is 57.9 Å². The van der Waals surface area contributed by atoms with Gasteiger partial charge in [-0.05, 0) is 149 Å². The first-order valence-electron chi connectivity index (χ1n) is 19.9. The molecule has 1 saturated heterocycles. The maximum atomic E-state index is 14.1. The number of aliphatic carboxylic acids is 1. The Morgan fingerprint density at radius 1 is 0.898 bits per heavy atom. The van der Waals surface area contributed by atoms with Gasteiger partial charge >= 0.3 is 11.9 Å². The Morgan fingerprint density at radius 2 is 1.61 bits per heavy atom. The lowest BCUT2D eigenvalue weighted by molar-refractivity contribution is -0.250. The Bertz CT molecular complexity index is 1360. The van der Waals surface area contributed by atoms with Crippen molar-refractivity contribution in [3.05, 3.63) is 12.2 Å². The zero-order valence-corrected chi connectivity index (χ0v) is 32.2. The van der Waals surface area contributed by atoms with E-state index in [0.29, 0.717) is 48.5 Å². The monoisotopic (exact) mass is 681 g/mol. The Labute approximate surface area is 296 Å². The Hall–Kier alpha value is -1.89. The molecule has 5 saturated carbocycles. The molecule has 276 valence electrons. The Balaban J connectivity index is 1.25. The number of likely N-dealkylation sites (tertiary alicyclic amines) is 1. The molecule has 49 heavy (non-hydrogen) atoms. The van der Waals surface area contributed by atoms with Crippen molar-refractivity contribution in [2.24, 2.45) is 67.8 Å². The number of allylic oxidation sites excluding steroid dienone is 1. The van der Waals surface area contributed by atoms with Gasteiger partial charge in [0.05, 0.1) is 11.8 Å². The van der Waals surface area contributed by atoms with Crippen molar-refractivity contribution in [1.82, 2.24) is 4.90 Å². The van der Waals surface area contributed by atoms with Crippen LogP contribution in [0.15, 0.2) is 12.2 Å². The summed E-state index contributed by atoms with van der Waals surface area (Å²) < 4.78 is 6.18. The third kappa shape index (κ3) is 5.55. The first kappa shape index (κ1) is 36.9. The van der Waals surface area contributed by atoms with E-state index in [1.807, 2.05) is 0 Å². The van der Waals surface area contributed by atoms with E-state index in [2.05, 4.69) is 53.0 Å². The third-order valence-electron chi connectivity index (χ3n) is 17.1. The van der Waals surface area contributed by atoms with E-state index in [9.17, 15) is 19.5 Å². The second-order valence-electron chi connectivity index (χ2n) is 20.0. The summed E-state index contributed by atoms with van der Waals surface area (Å²) in [6.45, 7) is 23.9. The number of esters is 1. The van der Waals surface area contributed by atoms with E-state index in [-0.39, 0.29) is 51.6 Å². The van der Waals surface area contributed by atoms with E-state index < -0.39 is 11.4 Å². The Morgan fingerprint density at radius 3 is 2.27 bits per heavy atom. The molecule has 11 atom stereocenters. The standard InChI is InChI=1S/C42H68N2O5/c1-26(2)28-14-19-42(23-33(45)44-22-10-11-27(44)25-43)21-20-40(8)29(35(28)42)12-13-31-39(7)17-16-32(49-34(46)24-37(3,4)36(47)48)38(5,6)30(39)15-18-41(31,40)9/h27-32,35H,1,10-25,43H2,2-9H3,(H,47,48)/t27-,28+,29-,30+,31-,32+,35-,39+,40-,41-,42-/m1/s1.